The second-order valence-electron chi connectivity index (χ2n) is 14.8. The van der Waals surface area contributed by atoms with Gasteiger partial charge < -0.3 is 43.7 Å². The number of phosphoric acid groups is 2. The van der Waals surface area contributed by atoms with E-state index in [9.17, 15) is 39.0 Å². The van der Waals surface area contributed by atoms with Crippen molar-refractivity contribution in [2.75, 3.05) is 24.7 Å². The summed E-state index contributed by atoms with van der Waals surface area (Å²) in [6, 6.07) is 0.202. The first kappa shape index (κ1) is 59.6. The quantitative estimate of drug-likeness (QED) is 0.0321. The third-order valence-corrected chi connectivity index (χ3v) is 13.4. The van der Waals surface area contributed by atoms with E-state index in [1.807, 2.05) is 0 Å². The minimum atomic E-state index is -5.50. The Bertz CT molecular complexity index is 1410. The molecule has 1 aliphatic rings. The molecule has 4 N–H and O–H groups in total. The number of unbranched alkanes of at least 4 members (excludes halogenated alkanes) is 19. The first-order valence-electron chi connectivity index (χ1n) is 21.0. The fourth-order valence-corrected chi connectivity index (χ4v) is 9.49. The Hall–Kier alpha value is 0.640. The van der Waals surface area contributed by atoms with Gasteiger partial charge in [-0.1, -0.05) is 136 Å². The van der Waals surface area contributed by atoms with Crippen molar-refractivity contribution >= 4 is 33.4 Å². The molecule has 2 heterocycles. The van der Waals surface area contributed by atoms with Gasteiger partial charge in [-0.25, -0.2) is 13.9 Å². The number of nitrogens with one attached hydrogen (secondary N) is 1. The summed E-state index contributed by atoms with van der Waals surface area (Å²) in [4.78, 5) is 39.0. The van der Waals surface area contributed by atoms with Gasteiger partial charge in [0.05, 0.1) is 19.2 Å². The van der Waals surface area contributed by atoms with Gasteiger partial charge in [-0.15, -0.1) is 0 Å². The number of hydrogen-bond acceptors (Lipinski definition) is 15. The van der Waals surface area contributed by atoms with Crippen molar-refractivity contribution in [2.24, 2.45) is 0 Å². The number of hydrogen-bond donors (Lipinski definition) is 4. The standard InChI is InChI=1S/C38H71N3O13P2S.2Na/c1-3-5-7-9-11-13-15-16-18-20-22-24-34(42)52-31(30-57-27-23-21-19-17-14-12-10-8-6-4-2)28-50-55(46,47)54-56(48,49)51-29-32-35(43)36(44)37(53-32)41-26-25-33(39)40-38(41)45;;/h25-26,31-32,35-37,43-44H,3-24,27-30H2,1-2H3,(H,46,47)(H,48,49)(H2,39,40,45);;/q;2*+1/p-2/t31?,32-,35-,36+,37-;;/m1../s1. The Morgan fingerprint density at radius 2 is 1.37 bits per heavy atom. The van der Waals surface area contributed by atoms with Crippen LogP contribution in [0.5, 0.6) is 6.01 Å². The van der Waals surface area contributed by atoms with E-state index in [1.165, 1.54) is 102 Å². The number of rotatable bonds is 35. The fraction of sp³-hybridized carbons (Fsp3) is 0.868. The smallest absolute Gasteiger partial charge is 0.846 e. The zero-order valence-corrected chi connectivity index (χ0v) is 42.7. The van der Waals surface area contributed by atoms with E-state index >= 15 is 0 Å². The summed E-state index contributed by atoms with van der Waals surface area (Å²) < 4.78 is 51.1. The summed E-state index contributed by atoms with van der Waals surface area (Å²) in [6.45, 7) is 2.85. The van der Waals surface area contributed by atoms with Gasteiger partial charge in [0.2, 0.25) is 0 Å². The van der Waals surface area contributed by atoms with Crippen molar-refractivity contribution in [3.05, 3.63) is 17.8 Å². The summed E-state index contributed by atoms with van der Waals surface area (Å²) >= 11 is 1.50. The van der Waals surface area contributed by atoms with Crippen LogP contribution in [0, 0.1) is 5.41 Å². The SMILES string of the molecule is CCCCCCCCCCCCCC(=O)OC(COP(=O)([O-])OP(=O)(O)OC[C@H]1O[C@@H](n2ccc(=N)nc2[O-])[C@@H](O)[C@@H]1O)CSCCCCCCCCCCCC.[Na+].[Na+]. The third kappa shape index (κ3) is 27.5. The van der Waals surface area contributed by atoms with Crippen LogP contribution in [0.2, 0.25) is 0 Å². The van der Waals surface area contributed by atoms with Gasteiger partial charge in [0.1, 0.15) is 29.9 Å². The number of aromatic nitrogens is 2. The Morgan fingerprint density at radius 1 is 0.864 bits per heavy atom. The molecule has 0 radical (unpaired) electrons. The normalized spacial score (nSPS) is 20.2. The molecule has 0 amide bonds. The van der Waals surface area contributed by atoms with Crippen molar-refractivity contribution < 1.29 is 121 Å². The molecule has 1 saturated heterocycles. The van der Waals surface area contributed by atoms with Gasteiger partial charge >= 0.3 is 72.9 Å². The summed E-state index contributed by atoms with van der Waals surface area (Å²) in [7, 11) is -10.9. The average molecular weight is 916 g/mol. The van der Waals surface area contributed by atoms with E-state index in [0.717, 1.165) is 61.1 Å². The monoisotopic (exact) mass is 915 g/mol. The summed E-state index contributed by atoms with van der Waals surface area (Å²) in [6.07, 6.45) is 18.3. The van der Waals surface area contributed by atoms with Crippen molar-refractivity contribution in [2.45, 2.75) is 186 Å². The zero-order chi connectivity index (χ0) is 41.9. The Labute approximate surface area is 400 Å². The second-order valence-corrected chi connectivity index (χ2v) is 18.9. The Morgan fingerprint density at radius 3 is 1.90 bits per heavy atom. The molecule has 1 aliphatic heterocycles. The molecular formula is C38H69N3Na2O13P2S. The molecular weight excluding hydrogens is 846 g/mol. The van der Waals surface area contributed by atoms with Gasteiger partial charge in [0.25, 0.3) is 7.82 Å². The molecule has 1 aromatic heterocycles. The molecule has 0 spiro atoms. The number of esters is 1. The molecule has 1 fully saturated rings. The molecule has 332 valence electrons. The van der Waals surface area contributed by atoms with Crippen molar-refractivity contribution in [1.82, 2.24) is 9.55 Å². The van der Waals surface area contributed by atoms with Crippen LogP contribution in [0.1, 0.15) is 161 Å². The molecule has 0 bridgehead atoms. The number of nitrogens with zero attached hydrogens (tertiary/aromatic N) is 2. The van der Waals surface area contributed by atoms with Crippen molar-refractivity contribution in [1.29, 1.82) is 5.41 Å². The topological polar surface area (TPSA) is 246 Å². The van der Waals surface area contributed by atoms with E-state index in [4.69, 9.17) is 23.9 Å². The molecule has 16 nitrogen and oxygen atoms in total. The largest absolute Gasteiger partial charge is 1.00 e. The summed E-state index contributed by atoms with van der Waals surface area (Å²) in [5.74, 6) is 0.541. The van der Waals surface area contributed by atoms with Gasteiger partial charge in [-0.3, -0.25) is 19.3 Å². The molecule has 59 heavy (non-hydrogen) atoms. The van der Waals surface area contributed by atoms with E-state index in [2.05, 4.69) is 23.1 Å². The predicted molar refractivity (Wildman–Crippen MR) is 214 cm³/mol. The molecule has 1 aromatic rings. The number of carbonyl (C=O) groups excluding carboxylic acids is 1. The van der Waals surface area contributed by atoms with E-state index in [0.29, 0.717) is 6.42 Å². The molecule has 0 aromatic carbocycles. The Balaban J connectivity index is 0.0000168. The van der Waals surface area contributed by atoms with Crippen LogP contribution in [-0.2, 0) is 36.8 Å². The van der Waals surface area contributed by atoms with Crippen LogP contribution >= 0.6 is 27.4 Å². The van der Waals surface area contributed by atoms with Crippen LogP contribution in [0.25, 0.3) is 0 Å². The molecule has 0 aliphatic carbocycles. The first-order valence-corrected chi connectivity index (χ1v) is 25.1. The number of thioether (sulfide) groups is 1. The second kappa shape index (κ2) is 35.0. The van der Waals surface area contributed by atoms with Crippen LogP contribution in [-0.4, -0.2) is 79.8 Å². The van der Waals surface area contributed by atoms with Gasteiger partial charge in [0, 0.05) is 18.4 Å². The third-order valence-electron chi connectivity index (χ3n) is 9.69. The van der Waals surface area contributed by atoms with Crippen LogP contribution in [0.4, 0.5) is 0 Å². The summed E-state index contributed by atoms with van der Waals surface area (Å²) in [5, 5.41) is 40.3. The maximum absolute atomic E-state index is 12.7. The van der Waals surface area contributed by atoms with E-state index < -0.39 is 71.5 Å². The van der Waals surface area contributed by atoms with Crippen LogP contribution in [0.15, 0.2) is 12.3 Å². The molecule has 0 saturated carbocycles. The number of ether oxygens (including phenoxy) is 2. The molecule has 21 heteroatoms. The average Bonchev–Trinajstić information content (AvgIpc) is 3.43. The number of aliphatic hydroxyl groups is 2. The molecule has 7 atom stereocenters. The first-order chi connectivity index (χ1) is 27.3. The maximum Gasteiger partial charge on any atom is 1.00 e. The molecule has 3 unspecified atom stereocenters. The van der Waals surface area contributed by atoms with Crippen molar-refractivity contribution in [3.63, 3.8) is 0 Å². The molecule has 2 rings (SSSR count). The minimum Gasteiger partial charge on any atom is -0.846 e. The van der Waals surface area contributed by atoms with Crippen LogP contribution < -0.4 is 74.6 Å². The van der Waals surface area contributed by atoms with Crippen molar-refractivity contribution in [3.8, 4) is 6.01 Å². The van der Waals surface area contributed by atoms with E-state index in [-0.39, 0.29) is 76.8 Å². The number of phosphoric ester groups is 2. The van der Waals surface area contributed by atoms with Gasteiger partial charge in [-0.2, -0.15) is 11.8 Å². The van der Waals surface area contributed by atoms with Gasteiger partial charge in [-0.05, 0) is 24.7 Å². The summed E-state index contributed by atoms with van der Waals surface area (Å²) in [5.41, 5.74) is -0.334. The fourth-order valence-electron chi connectivity index (χ4n) is 6.42. The number of aliphatic hydroxyl groups excluding tert-OH is 2. The number of carbonyl (C=O) groups is 1. The zero-order valence-electron chi connectivity index (χ0n) is 36.0. The van der Waals surface area contributed by atoms with E-state index in [1.54, 1.807) is 0 Å². The predicted octanol–water partition coefficient (Wildman–Crippen LogP) is 0.949. The minimum absolute atomic E-state index is 0. The maximum atomic E-state index is 12.7. The Kier molecular flexibility index (Phi) is 35.3. The van der Waals surface area contributed by atoms with Gasteiger partial charge in [0.15, 0.2) is 6.23 Å². The van der Waals surface area contributed by atoms with Crippen LogP contribution in [0.3, 0.4) is 0 Å².